The Morgan fingerprint density at radius 1 is 1.58 bits per heavy atom. The average Bonchev–Trinajstić information content (AvgIpc) is 2.26. The number of nitrogens with one attached hydrogen (secondary N) is 1. The molecule has 8 heteroatoms. The van der Waals surface area contributed by atoms with E-state index >= 15 is 0 Å². The second-order valence-corrected chi connectivity index (χ2v) is 5.44. The Balaban J connectivity index is 2.87. The van der Waals surface area contributed by atoms with Crippen LogP contribution in [0.5, 0.6) is 5.75 Å². The first-order valence-electron chi connectivity index (χ1n) is 5.03. The van der Waals surface area contributed by atoms with Crippen molar-refractivity contribution in [2.75, 3.05) is 6.61 Å². The summed E-state index contributed by atoms with van der Waals surface area (Å²) in [5.74, 6) is -0.843. The van der Waals surface area contributed by atoms with Crippen molar-refractivity contribution in [2.45, 2.75) is 6.92 Å². The number of hydrazone groups is 1. The maximum absolute atomic E-state index is 10.7. The molecule has 0 fully saturated rings. The van der Waals surface area contributed by atoms with E-state index in [1.807, 2.05) is 22.6 Å². The van der Waals surface area contributed by atoms with Crippen molar-refractivity contribution in [3.05, 3.63) is 25.7 Å². The Morgan fingerprint density at radius 3 is 2.79 bits per heavy atom. The molecular weight excluding hydrogens is 431 g/mol. The summed E-state index contributed by atoms with van der Waals surface area (Å²) in [4.78, 5) is 21.1. The molecule has 0 aliphatic heterocycles. The van der Waals surface area contributed by atoms with Gasteiger partial charge in [-0.15, -0.1) is 0 Å². The Kier molecular flexibility index (Phi) is 6.22. The predicted octanol–water partition coefficient (Wildman–Crippen LogP) is 1.99. The van der Waals surface area contributed by atoms with Gasteiger partial charge in [0, 0.05) is 6.92 Å². The Hall–Kier alpha value is -1.16. The molecule has 0 bridgehead atoms. The van der Waals surface area contributed by atoms with Gasteiger partial charge in [-0.2, -0.15) is 5.10 Å². The maximum Gasteiger partial charge on any atom is 0.341 e. The lowest BCUT2D eigenvalue weighted by atomic mass is 10.2. The molecule has 0 saturated carbocycles. The zero-order valence-electron chi connectivity index (χ0n) is 9.81. The molecule has 19 heavy (non-hydrogen) atoms. The third-order valence-electron chi connectivity index (χ3n) is 1.80. The molecule has 0 heterocycles. The first kappa shape index (κ1) is 15.9. The van der Waals surface area contributed by atoms with Gasteiger partial charge in [0.1, 0.15) is 5.75 Å². The topological polar surface area (TPSA) is 88.0 Å². The van der Waals surface area contributed by atoms with Gasteiger partial charge in [-0.05, 0) is 56.2 Å². The van der Waals surface area contributed by atoms with E-state index in [9.17, 15) is 9.59 Å². The van der Waals surface area contributed by atoms with E-state index in [-0.39, 0.29) is 5.91 Å². The number of benzene rings is 1. The zero-order chi connectivity index (χ0) is 14.4. The second-order valence-electron chi connectivity index (χ2n) is 3.42. The van der Waals surface area contributed by atoms with E-state index < -0.39 is 12.6 Å². The molecule has 2 N–H and O–H groups in total. The molecule has 0 radical (unpaired) electrons. The van der Waals surface area contributed by atoms with Gasteiger partial charge in [0.2, 0.25) is 5.91 Å². The van der Waals surface area contributed by atoms with Crippen LogP contribution >= 0.6 is 38.5 Å². The van der Waals surface area contributed by atoms with E-state index in [0.29, 0.717) is 10.2 Å². The van der Waals surface area contributed by atoms with Crippen molar-refractivity contribution >= 4 is 56.6 Å². The number of halogens is 2. The Morgan fingerprint density at radius 2 is 2.26 bits per heavy atom. The summed E-state index contributed by atoms with van der Waals surface area (Å²) in [5, 5.41) is 12.3. The van der Waals surface area contributed by atoms with Gasteiger partial charge in [-0.25, -0.2) is 10.2 Å². The number of ether oxygens (including phenoxy) is 1. The van der Waals surface area contributed by atoms with Crippen LogP contribution in [0.1, 0.15) is 12.5 Å². The number of carbonyl (C=O) groups is 2. The number of rotatable bonds is 5. The number of hydrogen-bond acceptors (Lipinski definition) is 4. The summed E-state index contributed by atoms with van der Waals surface area (Å²) < 4.78 is 6.51. The van der Waals surface area contributed by atoms with Crippen molar-refractivity contribution < 1.29 is 19.4 Å². The summed E-state index contributed by atoms with van der Waals surface area (Å²) >= 11 is 5.32. The molecule has 0 unspecified atom stereocenters. The van der Waals surface area contributed by atoms with Crippen LogP contribution in [0.15, 0.2) is 21.7 Å². The minimum Gasteiger partial charge on any atom is -0.480 e. The third kappa shape index (κ3) is 5.55. The number of amides is 1. The molecule has 1 rings (SSSR count). The number of hydrogen-bond donors (Lipinski definition) is 2. The first-order valence-corrected chi connectivity index (χ1v) is 6.90. The van der Waals surface area contributed by atoms with E-state index in [2.05, 4.69) is 26.5 Å². The summed E-state index contributed by atoms with van der Waals surface area (Å²) in [6, 6.07) is 3.47. The molecule has 0 aliphatic carbocycles. The highest BCUT2D eigenvalue weighted by Crippen LogP contribution is 2.31. The lowest BCUT2D eigenvalue weighted by Gasteiger charge is -2.09. The highest BCUT2D eigenvalue weighted by Gasteiger charge is 2.10. The number of carboxylic acid groups (broad SMARTS) is 1. The molecule has 1 amide bonds. The van der Waals surface area contributed by atoms with Crippen molar-refractivity contribution in [1.82, 2.24) is 5.43 Å². The van der Waals surface area contributed by atoms with Crippen molar-refractivity contribution in [1.29, 1.82) is 0 Å². The molecule has 102 valence electrons. The van der Waals surface area contributed by atoms with Gasteiger partial charge in [-0.1, -0.05) is 0 Å². The van der Waals surface area contributed by atoms with Crippen LogP contribution in [0.3, 0.4) is 0 Å². The van der Waals surface area contributed by atoms with Crippen molar-refractivity contribution in [3.63, 3.8) is 0 Å². The normalized spacial score (nSPS) is 10.5. The molecule has 1 aromatic carbocycles. The van der Waals surface area contributed by atoms with Gasteiger partial charge in [-0.3, -0.25) is 4.79 Å². The fraction of sp³-hybridized carbons (Fsp3) is 0.182. The Bertz CT molecular complexity index is 510. The van der Waals surface area contributed by atoms with Crippen LogP contribution in [0.2, 0.25) is 0 Å². The minimum absolute atomic E-state index is 0.258. The predicted molar refractivity (Wildman–Crippen MR) is 81.4 cm³/mol. The molecule has 0 spiro atoms. The van der Waals surface area contributed by atoms with E-state index in [4.69, 9.17) is 9.84 Å². The summed E-state index contributed by atoms with van der Waals surface area (Å²) in [6.45, 7) is 0.952. The van der Waals surface area contributed by atoms with Crippen LogP contribution in [0, 0.1) is 3.57 Å². The molecule has 6 nitrogen and oxygen atoms in total. The number of aliphatic carboxylic acids is 1. The van der Waals surface area contributed by atoms with E-state index in [0.717, 1.165) is 9.13 Å². The molecule has 0 saturated heterocycles. The van der Waals surface area contributed by atoms with Crippen molar-refractivity contribution in [2.24, 2.45) is 5.10 Å². The van der Waals surface area contributed by atoms with E-state index in [1.165, 1.54) is 13.1 Å². The zero-order valence-corrected chi connectivity index (χ0v) is 13.6. The van der Waals surface area contributed by atoms with Crippen LogP contribution < -0.4 is 10.2 Å². The second kappa shape index (κ2) is 7.43. The number of carboxylic acids is 1. The van der Waals surface area contributed by atoms with E-state index in [1.54, 1.807) is 12.1 Å². The highest BCUT2D eigenvalue weighted by molar-refractivity contribution is 14.1. The van der Waals surface area contributed by atoms with Crippen LogP contribution in [0.4, 0.5) is 0 Å². The largest absolute Gasteiger partial charge is 0.480 e. The SMILES string of the molecule is CC(=O)N/N=C\c1cc(Br)c(OCC(=O)O)c(I)c1. The fourth-order valence-corrected chi connectivity index (χ4v) is 2.89. The lowest BCUT2D eigenvalue weighted by molar-refractivity contribution is -0.139. The summed E-state index contributed by atoms with van der Waals surface area (Å²) in [7, 11) is 0. The summed E-state index contributed by atoms with van der Waals surface area (Å²) in [5.41, 5.74) is 3.03. The van der Waals surface area contributed by atoms with Crippen LogP contribution in [-0.4, -0.2) is 29.8 Å². The number of carbonyl (C=O) groups excluding carboxylic acids is 1. The molecule has 0 aromatic heterocycles. The maximum atomic E-state index is 10.7. The lowest BCUT2D eigenvalue weighted by Crippen LogP contribution is -2.12. The Labute approximate surface area is 131 Å². The average molecular weight is 441 g/mol. The van der Waals surface area contributed by atoms with Crippen LogP contribution in [-0.2, 0) is 9.59 Å². The third-order valence-corrected chi connectivity index (χ3v) is 3.19. The molecule has 1 aromatic rings. The quantitative estimate of drug-likeness (QED) is 0.416. The highest BCUT2D eigenvalue weighted by atomic mass is 127. The van der Waals surface area contributed by atoms with Crippen LogP contribution in [0.25, 0.3) is 0 Å². The van der Waals surface area contributed by atoms with Crippen molar-refractivity contribution in [3.8, 4) is 5.75 Å². The van der Waals surface area contributed by atoms with Gasteiger partial charge in [0.15, 0.2) is 6.61 Å². The standard InChI is InChI=1S/C11H10BrIN2O4/c1-6(16)15-14-4-7-2-8(12)11(9(13)3-7)19-5-10(17)18/h2-4H,5H2,1H3,(H,15,16)(H,17,18)/b14-4-. The number of nitrogens with zero attached hydrogens (tertiary/aromatic N) is 1. The first-order chi connectivity index (χ1) is 8.90. The molecule has 0 aliphatic rings. The van der Waals surface area contributed by atoms with Gasteiger partial charge in [0.25, 0.3) is 0 Å². The molecule has 0 atom stereocenters. The monoisotopic (exact) mass is 440 g/mol. The fourth-order valence-electron chi connectivity index (χ4n) is 1.12. The van der Waals surface area contributed by atoms with Gasteiger partial charge < -0.3 is 9.84 Å². The molecular formula is C11H10BrIN2O4. The smallest absolute Gasteiger partial charge is 0.341 e. The van der Waals surface area contributed by atoms with Gasteiger partial charge >= 0.3 is 5.97 Å². The van der Waals surface area contributed by atoms with Gasteiger partial charge in [0.05, 0.1) is 14.3 Å². The summed E-state index contributed by atoms with van der Waals surface area (Å²) in [6.07, 6.45) is 1.48. The minimum atomic E-state index is -1.04.